The van der Waals surface area contributed by atoms with Crippen molar-refractivity contribution in [1.29, 1.82) is 0 Å². The van der Waals surface area contributed by atoms with Crippen molar-refractivity contribution in [3.63, 3.8) is 0 Å². The molecule has 0 unspecified atom stereocenters. The molecule has 142 valence electrons. The minimum atomic E-state index is -1.91. The number of nitro groups is 1. The molecule has 0 bridgehead atoms. The van der Waals surface area contributed by atoms with Gasteiger partial charge in [0.05, 0.1) is 18.1 Å². The van der Waals surface area contributed by atoms with Crippen molar-refractivity contribution in [3.8, 4) is 0 Å². The molecule has 1 amide bonds. The Hall–Kier alpha value is -1.39. The highest BCUT2D eigenvalue weighted by Gasteiger charge is 2.35. The van der Waals surface area contributed by atoms with E-state index in [1.165, 1.54) is 18.2 Å². The minimum absolute atomic E-state index is 0.0533. The van der Waals surface area contributed by atoms with Crippen molar-refractivity contribution in [2.45, 2.75) is 9.96 Å². The molecule has 1 heterocycles. The lowest BCUT2D eigenvalue weighted by atomic mass is 10.2. The number of nitrogens with one attached hydrogen (secondary N) is 2. The van der Waals surface area contributed by atoms with Crippen molar-refractivity contribution in [2.75, 3.05) is 26.3 Å². The number of alkyl halides is 3. The Morgan fingerprint density at radius 2 is 1.96 bits per heavy atom. The van der Waals surface area contributed by atoms with E-state index in [-0.39, 0.29) is 11.3 Å². The average Bonchev–Trinajstić information content (AvgIpc) is 2.61. The third-order valence-corrected chi connectivity index (χ3v) is 4.52. The number of non-ortho nitro benzene ring substituents is 1. The zero-order chi connectivity index (χ0) is 19.3. The number of carbonyl (C=O) groups is 1. The van der Waals surface area contributed by atoms with Crippen LogP contribution < -0.4 is 10.6 Å². The van der Waals surface area contributed by atoms with Crippen LogP contribution >= 0.6 is 47.0 Å². The molecule has 8 nitrogen and oxygen atoms in total. The second kappa shape index (κ2) is 9.01. The largest absolute Gasteiger partial charge is 0.378 e. The Morgan fingerprint density at radius 3 is 2.54 bits per heavy atom. The number of morpholine rings is 1. The van der Waals surface area contributed by atoms with Gasteiger partial charge in [-0.25, -0.2) is 0 Å². The number of halogens is 3. The summed E-state index contributed by atoms with van der Waals surface area (Å²) in [4.78, 5) is 24.5. The Morgan fingerprint density at radius 1 is 1.31 bits per heavy atom. The standard InChI is InChI=1S/C14H15Cl3N4O4S/c15-14(16,17)12(19-13(26)20-4-6-25-7-5-20)18-11(22)9-2-1-3-10(8-9)21(23)24/h1-3,8,12H,4-7H2,(H,18,22)(H,19,26)/t12-/m0/s1. The quantitative estimate of drug-likeness (QED) is 0.243. The van der Waals surface area contributed by atoms with Gasteiger partial charge in [0, 0.05) is 30.8 Å². The number of hydrogen-bond acceptors (Lipinski definition) is 5. The van der Waals surface area contributed by atoms with Crippen molar-refractivity contribution < 1.29 is 14.5 Å². The lowest BCUT2D eigenvalue weighted by Gasteiger charge is -2.34. The zero-order valence-corrected chi connectivity index (χ0v) is 16.4. The monoisotopic (exact) mass is 440 g/mol. The number of nitrogens with zero attached hydrogens (tertiary/aromatic N) is 2. The maximum absolute atomic E-state index is 12.4. The number of amides is 1. The Bertz CT molecular complexity index is 695. The van der Waals surface area contributed by atoms with Gasteiger partial charge in [0.15, 0.2) is 5.11 Å². The number of thiocarbonyl (C=S) groups is 1. The lowest BCUT2D eigenvalue weighted by molar-refractivity contribution is -0.384. The van der Waals surface area contributed by atoms with Crippen LogP contribution in [0, 0.1) is 10.1 Å². The van der Waals surface area contributed by atoms with E-state index in [2.05, 4.69) is 10.6 Å². The Kier molecular flexibility index (Phi) is 7.24. The van der Waals surface area contributed by atoms with E-state index >= 15 is 0 Å². The van der Waals surface area contributed by atoms with Gasteiger partial charge in [0.2, 0.25) is 3.79 Å². The molecule has 26 heavy (non-hydrogen) atoms. The minimum Gasteiger partial charge on any atom is -0.378 e. The Balaban J connectivity index is 2.09. The number of carbonyl (C=O) groups excluding carboxylic acids is 1. The van der Waals surface area contributed by atoms with Gasteiger partial charge in [-0.15, -0.1) is 0 Å². The molecular weight excluding hydrogens is 427 g/mol. The van der Waals surface area contributed by atoms with E-state index in [9.17, 15) is 14.9 Å². The molecule has 0 aromatic heterocycles. The molecule has 1 aromatic rings. The molecule has 0 aliphatic carbocycles. The normalized spacial score (nSPS) is 15.9. The SMILES string of the molecule is O=C(N[C@@H](NC(=S)N1CCOCC1)C(Cl)(Cl)Cl)c1cccc([N+](=O)[O-])c1. The van der Waals surface area contributed by atoms with Crippen molar-refractivity contribution in [2.24, 2.45) is 0 Å². The van der Waals surface area contributed by atoms with Crippen molar-refractivity contribution in [1.82, 2.24) is 15.5 Å². The van der Waals surface area contributed by atoms with Gasteiger partial charge >= 0.3 is 0 Å². The van der Waals surface area contributed by atoms with Gasteiger partial charge in [0.1, 0.15) is 6.17 Å². The molecular formula is C14H15Cl3N4O4S. The summed E-state index contributed by atoms with van der Waals surface area (Å²) in [6, 6.07) is 5.21. The number of hydrogen-bond donors (Lipinski definition) is 2. The maximum atomic E-state index is 12.4. The van der Waals surface area contributed by atoms with E-state index in [0.29, 0.717) is 31.4 Å². The average molecular weight is 442 g/mol. The van der Waals surface area contributed by atoms with Crippen LogP contribution in [0.3, 0.4) is 0 Å². The van der Waals surface area contributed by atoms with Gasteiger partial charge in [0.25, 0.3) is 11.6 Å². The second-order valence-electron chi connectivity index (χ2n) is 5.30. The molecule has 0 radical (unpaired) electrons. The lowest BCUT2D eigenvalue weighted by Crippen LogP contribution is -2.59. The highest BCUT2D eigenvalue weighted by Crippen LogP contribution is 2.29. The summed E-state index contributed by atoms with van der Waals surface area (Å²) in [7, 11) is 0. The summed E-state index contributed by atoms with van der Waals surface area (Å²) in [6.45, 7) is 2.16. The van der Waals surface area contributed by atoms with Crippen LogP contribution in [0.4, 0.5) is 5.69 Å². The van der Waals surface area contributed by atoms with Gasteiger partial charge in [-0.05, 0) is 18.3 Å². The summed E-state index contributed by atoms with van der Waals surface area (Å²) in [5.41, 5.74) is -0.169. The summed E-state index contributed by atoms with van der Waals surface area (Å²) in [5.74, 6) is -0.651. The number of benzene rings is 1. The zero-order valence-electron chi connectivity index (χ0n) is 13.3. The van der Waals surface area contributed by atoms with Crippen LogP contribution in [0.15, 0.2) is 24.3 Å². The van der Waals surface area contributed by atoms with E-state index in [1.54, 1.807) is 0 Å². The smallest absolute Gasteiger partial charge is 0.270 e. The van der Waals surface area contributed by atoms with Crippen molar-refractivity contribution in [3.05, 3.63) is 39.9 Å². The molecule has 1 atom stereocenters. The first-order valence-electron chi connectivity index (χ1n) is 7.43. The predicted octanol–water partition coefficient (Wildman–Crippen LogP) is 2.23. The van der Waals surface area contributed by atoms with E-state index in [1.807, 2.05) is 4.90 Å². The maximum Gasteiger partial charge on any atom is 0.270 e. The molecule has 0 spiro atoms. The highest BCUT2D eigenvalue weighted by molar-refractivity contribution is 7.80. The fraction of sp³-hybridized carbons (Fsp3) is 0.429. The van der Waals surface area contributed by atoms with Crippen molar-refractivity contribution >= 4 is 63.7 Å². The first-order chi connectivity index (χ1) is 12.2. The van der Waals surface area contributed by atoms with Gasteiger partial charge in [-0.3, -0.25) is 14.9 Å². The fourth-order valence-corrected chi connectivity index (χ4v) is 2.78. The molecule has 1 aliphatic heterocycles. The summed E-state index contributed by atoms with van der Waals surface area (Å²) in [5, 5.41) is 16.4. The van der Waals surface area contributed by atoms with Gasteiger partial charge in [-0.2, -0.15) is 0 Å². The van der Waals surface area contributed by atoms with Crippen LogP contribution in [0.2, 0.25) is 0 Å². The number of nitro benzene ring substituents is 1. The van der Waals surface area contributed by atoms with Gasteiger partial charge < -0.3 is 20.3 Å². The van der Waals surface area contributed by atoms with Crippen LogP contribution in [-0.4, -0.2) is 57.1 Å². The topological polar surface area (TPSA) is 96.7 Å². The molecule has 2 N–H and O–H groups in total. The van der Waals surface area contributed by atoms with E-state index in [0.717, 1.165) is 6.07 Å². The number of ether oxygens (including phenoxy) is 1. The summed E-state index contributed by atoms with van der Waals surface area (Å²) in [6.07, 6.45) is -1.14. The summed E-state index contributed by atoms with van der Waals surface area (Å²) >= 11 is 23.1. The van der Waals surface area contributed by atoms with E-state index < -0.39 is 20.8 Å². The van der Waals surface area contributed by atoms with Crippen LogP contribution in [0.5, 0.6) is 0 Å². The molecule has 12 heteroatoms. The second-order valence-corrected chi connectivity index (χ2v) is 8.06. The van der Waals surface area contributed by atoms with Crippen LogP contribution in [0.1, 0.15) is 10.4 Å². The molecule has 1 saturated heterocycles. The molecule has 1 fully saturated rings. The summed E-state index contributed by atoms with van der Waals surface area (Å²) < 4.78 is 3.33. The highest BCUT2D eigenvalue weighted by atomic mass is 35.6. The first kappa shape index (κ1) is 20.9. The molecule has 2 rings (SSSR count). The van der Waals surface area contributed by atoms with Gasteiger partial charge in [-0.1, -0.05) is 40.9 Å². The Labute approximate surface area is 169 Å². The van der Waals surface area contributed by atoms with E-state index in [4.69, 9.17) is 51.8 Å². The number of rotatable bonds is 4. The third kappa shape index (κ3) is 5.82. The van der Waals surface area contributed by atoms with Crippen LogP contribution in [0.25, 0.3) is 0 Å². The van der Waals surface area contributed by atoms with Crippen LogP contribution in [-0.2, 0) is 4.74 Å². The predicted molar refractivity (Wildman–Crippen MR) is 103 cm³/mol. The molecule has 0 saturated carbocycles. The third-order valence-electron chi connectivity index (χ3n) is 3.49. The fourth-order valence-electron chi connectivity index (χ4n) is 2.16. The first-order valence-corrected chi connectivity index (χ1v) is 8.98. The molecule has 1 aromatic carbocycles. The molecule has 1 aliphatic rings.